The van der Waals surface area contributed by atoms with Gasteiger partial charge in [-0.25, -0.2) is 0 Å². The predicted molar refractivity (Wildman–Crippen MR) is 139 cm³/mol. The summed E-state index contributed by atoms with van der Waals surface area (Å²) in [6.07, 6.45) is 0.0214. The smallest absolute Gasteiger partial charge is 0.406 e. The number of alkyl halides is 3. The van der Waals surface area contributed by atoms with Crippen molar-refractivity contribution in [1.29, 1.82) is 0 Å². The number of ether oxygens (including phenoxy) is 1. The first-order chi connectivity index (χ1) is 17.2. The molecule has 0 atom stereocenters. The van der Waals surface area contributed by atoms with Crippen LogP contribution in [0, 0.1) is 0 Å². The summed E-state index contributed by atoms with van der Waals surface area (Å²) < 4.78 is 41.5. The molecule has 2 N–H and O–H groups in total. The van der Waals surface area contributed by atoms with E-state index in [1.807, 2.05) is 6.07 Å². The van der Waals surface area contributed by atoms with E-state index in [2.05, 4.69) is 62.5 Å². The second-order valence-corrected chi connectivity index (χ2v) is 9.41. The third kappa shape index (κ3) is 9.32. The van der Waals surface area contributed by atoms with Gasteiger partial charge in [-0.3, -0.25) is 4.79 Å². The molecule has 0 fully saturated rings. The third-order valence-electron chi connectivity index (χ3n) is 5.66. The summed E-state index contributed by atoms with van der Waals surface area (Å²) in [7, 11) is 0. The van der Waals surface area contributed by atoms with Gasteiger partial charge < -0.3 is 15.4 Å². The van der Waals surface area contributed by atoms with Gasteiger partial charge in [0.15, 0.2) is 0 Å². The lowest BCUT2D eigenvalue weighted by Gasteiger charge is -2.11. The van der Waals surface area contributed by atoms with Gasteiger partial charge in [0.2, 0.25) is 0 Å². The lowest BCUT2D eigenvalue weighted by atomic mass is 10.1. The van der Waals surface area contributed by atoms with Gasteiger partial charge in [0, 0.05) is 29.7 Å². The van der Waals surface area contributed by atoms with Gasteiger partial charge >= 0.3 is 6.36 Å². The number of carbonyl (C=O) groups is 1. The molecule has 192 valence electrons. The zero-order chi connectivity index (χ0) is 26.0. The first kappa shape index (κ1) is 27.7. The van der Waals surface area contributed by atoms with Crippen molar-refractivity contribution in [2.75, 3.05) is 0 Å². The van der Waals surface area contributed by atoms with Crippen LogP contribution in [0.4, 0.5) is 13.2 Å². The van der Waals surface area contributed by atoms with Gasteiger partial charge in [-0.2, -0.15) is 0 Å². The van der Waals surface area contributed by atoms with Gasteiger partial charge in [0.1, 0.15) is 5.75 Å². The molecule has 0 aliphatic rings. The fourth-order valence-electron chi connectivity index (χ4n) is 3.67. The Hall–Kier alpha value is -2.84. The number of carbonyl (C=O) groups excluding carboxylic acids is 1. The average molecular weight is 563 g/mol. The van der Waals surface area contributed by atoms with E-state index >= 15 is 0 Å². The first-order valence-corrected chi connectivity index (χ1v) is 12.7. The van der Waals surface area contributed by atoms with Crippen molar-refractivity contribution < 1.29 is 22.7 Å². The Morgan fingerprint density at radius 1 is 0.861 bits per heavy atom. The van der Waals surface area contributed by atoms with Crippen molar-refractivity contribution in [3.8, 4) is 5.75 Å². The van der Waals surface area contributed by atoms with Crippen LogP contribution in [0.2, 0.25) is 0 Å². The van der Waals surface area contributed by atoms with Crippen LogP contribution in [0.3, 0.4) is 0 Å². The second-order valence-electron chi connectivity index (χ2n) is 8.56. The molecule has 0 saturated carbocycles. The highest BCUT2D eigenvalue weighted by Crippen LogP contribution is 2.23. The summed E-state index contributed by atoms with van der Waals surface area (Å²) in [5, 5.41) is 6.21. The molecule has 0 bridgehead atoms. The summed E-state index contributed by atoms with van der Waals surface area (Å²) in [6.45, 7) is 3.65. The zero-order valence-corrected chi connectivity index (χ0v) is 21.7. The monoisotopic (exact) mass is 562 g/mol. The molecule has 0 saturated heterocycles. The fourth-order valence-corrected chi connectivity index (χ4v) is 4.19. The molecule has 0 heterocycles. The number of rotatable bonds is 12. The Balaban J connectivity index is 1.45. The summed E-state index contributed by atoms with van der Waals surface area (Å²) in [6, 6.07) is 19.5. The lowest BCUT2D eigenvalue weighted by Crippen LogP contribution is -2.23. The second kappa shape index (κ2) is 13.5. The minimum Gasteiger partial charge on any atom is -0.406 e. The largest absolute Gasteiger partial charge is 0.573 e. The van der Waals surface area contributed by atoms with Crippen LogP contribution < -0.4 is 15.4 Å². The number of amides is 1. The van der Waals surface area contributed by atoms with Crippen molar-refractivity contribution in [3.63, 3.8) is 0 Å². The van der Waals surface area contributed by atoms with E-state index in [0.29, 0.717) is 25.2 Å². The van der Waals surface area contributed by atoms with Crippen LogP contribution in [0.5, 0.6) is 5.75 Å². The minimum atomic E-state index is -4.70. The molecule has 0 unspecified atom stereocenters. The summed E-state index contributed by atoms with van der Waals surface area (Å²) in [5.74, 6) is -0.398. The maximum Gasteiger partial charge on any atom is 0.573 e. The van der Waals surface area contributed by atoms with E-state index in [-0.39, 0.29) is 11.7 Å². The van der Waals surface area contributed by atoms with E-state index in [4.69, 9.17) is 0 Å². The molecule has 0 radical (unpaired) electrons. The predicted octanol–water partition coefficient (Wildman–Crippen LogP) is 7.30. The molecule has 3 aromatic rings. The standard InChI is InChI=1S/C28H30BrF3N2O2/c1-2-3-4-5-20-6-8-22(9-7-20)18-34-27(35)23-12-13-24(26(29)16-23)19-33-17-21-10-14-25(15-11-21)36-28(30,31)32/h6-16,33H,2-5,17-19H2,1H3,(H,34,35). The zero-order valence-electron chi connectivity index (χ0n) is 20.1. The summed E-state index contributed by atoms with van der Waals surface area (Å²) in [4.78, 5) is 12.6. The Morgan fingerprint density at radius 2 is 1.50 bits per heavy atom. The number of nitrogens with one attached hydrogen (secondary N) is 2. The van der Waals surface area contributed by atoms with Gasteiger partial charge in [-0.05, 0) is 59.4 Å². The number of halogens is 4. The molecule has 3 aromatic carbocycles. The third-order valence-corrected chi connectivity index (χ3v) is 6.40. The van der Waals surface area contributed by atoms with Crippen LogP contribution in [0.1, 0.15) is 58.8 Å². The summed E-state index contributed by atoms with van der Waals surface area (Å²) in [5.41, 5.74) is 4.72. The molecule has 8 heteroatoms. The van der Waals surface area contributed by atoms with Crippen LogP contribution in [-0.2, 0) is 26.1 Å². The average Bonchev–Trinajstić information content (AvgIpc) is 2.84. The van der Waals surface area contributed by atoms with Crippen LogP contribution >= 0.6 is 15.9 Å². The van der Waals surface area contributed by atoms with Crippen molar-refractivity contribution in [3.05, 3.63) is 99.0 Å². The van der Waals surface area contributed by atoms with Crippen molar-refractivity contribution >= 4 is 21.8 Å². The van der Waals surface area contributed by atoms with Gasteiger partial charge in [0.05, 0.1) is 0 Å². The van der Waals surface area contributed by atoms with Crippen LogP contribution in [-0.4, -0.2) is 12.3 Å². The first-order valence-electron chi connectivity index (χ1n) is 11.9. The SMILES string of the molecule is CCCCCc1ccc(CNC(=O)c2ccc(CNCc3ccc(OC(F)(F)F)cc3)c(Br)c2)cc1. The van der Waals surface area contributed by atoms with E-state index < -0.39 is 6.36 Å². The Bertz CT molecular complexity index is 1120. The molecular formula is C28H30BrF3N2O2. The van der Waals surface area contributed by atoms with E-state index in [0.717, 1.165) is 27.6 Å². The highest BCUT2D eigenvalue weighted by molar-refractivity contribution is 9.10. The minimum absolute atomic E-state index is 0.150. The highest BCUT2D eigenvalue weighted by atomic mass is 79.9. The number of aryl methyl sites for hydroxylation is 1. The van der Waals surface area contributed by atoms with E-state index in [1.54, 1.807) is 24.3 Å². The van der Waals surface area contributed by atoms with Crippen molar-refractivity contribution in [1.82, 2.24) is 10.6 Å². The lowest BCUT2D eigenvalue weighted by molar-refractivity contribution is -0.274. The number of unbranched alkanes of at least 4 members (excludes halogenated alkanes) is 2. The molecule has 0 aliphatic carbocycles. The molecular weight excluding hydrogens is 533 g/mol. The normalized spacial score (nSPS) is 11.4. The van der Waals surface area contributed by atoms with Gasteiger partial charge in [-0.15, -0.1) is 13.2 Å². The number of hydrogen-bond donors (Lipinski definition) is 2. The molecule has 0 spiro atoms. The maximum absolute atomic E-state index is 12.6. The Labute approximate surface area is 218 Å². The fraction of sp³-hybridized carbons (Fsp3) is 0.321. The quantitative estimate of drug-likeness (QED) is 0.228. The van der Waals surface area contributed by atoms with Gasteiger partial charge in [0.25, 0.3) is 5.91 Å². The van der Waals surface area contributed by atoms with Crippen molar-refractivity contribution in [2.45, 2.75) is 58.6 Å². The van der Waals surface area contributed by atoms with Crippen LogP contribution in [0.15, 0.2) is 71.2 Å². The molecule has 36 heavy (non-hydrogen) atoms. The van der Waals surface area contributed by atoms with Gasteiger partial charge in [-0.1, -0.05) is 78.2 Å². The van der Waals surface area contributed by atoms with E-state index in [9.17, 15) is 18.0 Å². The highest BCUT2D eigenvalue weighted by Gasteiger charge is 2.30. The number of benzene rings is 3. The number of hydrogen-bond acceptors (Lipinski definition) is 3. The molecule has 0 aliphatic heterocycles. The topological polar surface area (TPSA) is 50.4 Å². The maximum atomic E-state index is 12.6. The molecule has 3 rings (SSSR count). The Morgan fingerprint density at radius 3 is 2.14 bits per heavy atom. The summed E-state index contributed by atoms with van der Waals surface area (Å²) >= 11 is 3.53. The van der Waals surface area contributed by atoms with E-state index in [1.165, 1.54) is 37.0 Å². The molecule has 1 amide bonds. The molecule has 4 nitrogen and oxygen atoms in total. The molecule has 0 aromatic heterocycles. The Kier molecular flexibility index (Phi) is 10.4. The van der Waals surface area contributed by atoms with Crippen LogP contribution in [0.25, 0.3) is 0 Å². The van der Waals surface area contributed by atoms with Crippen molar-refractivity contribution in [2.24, 2.45) is 0 Å².